The molecule has 3 heteroatoms. The van der Waals surface area contributed by atoms with E-state index in [0.29, 0.717) is 0 Å². The molecule has 3 nitrogen and oxygen atoms in total. The maximum atomic E-state index is 5.53. The van der Waals surface area contributed by atoms with E-state index in [1.54, 1.807) is 7.11 Å². The van der Waals surface area contributed by atoms with Crippen molar-refractivity contribution in [2.75, 3.05) is 12.0 Å². The Morgan fingerprint density at radius 3 is 2.04 bits per heavy atom. The first-order valence-corrected chi connectivity index (χ1v) is 8.95. The predicted octanol–water partition coefficient (Wildman–Crippen LogP) is 6.21. The number of pyridine rings is 1. The van der Waals surface area contributed by atoms with Gasteiger partial charge in [0, 0.05) is 23.4 Å². The fraction of sp³-hybridized carbons (Fsp3) is 0.0417. The number of methoxy groups -OCH3 is 1. The third-order valence-electron chi connectivity index (χ3n) is 4.98. The molecule has 0 spiro atoms. The molecule has 1 aliphatic heterocycles. The van der Waals surface area contributed by atoms with Gasteiger partial charge in [-0.1, -0.05) is 48.5 Å². The van der Waals surface area contributed by atoms with Gasteiger partial charge in [-0.3, -0.25) is 4.90 Å². The molecule has 0 bridgehead atoms. The summed E-state index contributed by atoms with van der Waals surface area (Å²) in [4.78, 5) is 6.86. The van der Waals surface area contributed by atoms with Crippen LogP contribution in [-0.4, -0.2) is 12.1 Å². The van der Waals surface area contributed by atoms with Crippen LogP contribution in [0.5, 0.6) is 5.75 Å². The standard InChI is InChI=1S/C24H18N2O/c1-27-17-13-14-21-19-9-3-2-8-18(19)20-10-4-5-11-22(20)26(23(21)16-17)24-12-6-7-15-25-24/h2-16H,1H3. The summed E-state index contributed by atoms with van der Waals surface area (Å²) in [5.41, 5.74) is 6.95. The maximum absolute atomic E-state index is 5.53. The molecule has 0 fully saturated rings. The summed E-state index contributed by atoms with van der Waals surface area (Å²) in [5.74, 6) is 1.71. The minimum absolute atomic E-state index is 0.826. The molecular weight excluding hydrogens is 332 g/mol. The molecule has 5 rings (SSSR count). The molecule has 0 amide bonds. The highest BCUT2D eigenvalue weighted by Crippen LogP contribution is 2.50. The molecule has 1 aromatic heterocycles. The number of hydrogen-bond acceptors (Lipinski definition) is 3. The Morgan fingerprint density at radius 1 is 0.667 bits per heavy atom. The minimum Gasteiger partial charge on any atom is -0.497 e. The molecule has 4 aromatic rings. The highest BCUT2D eigenvalue weighted by atomic mass is 16.5. The molecule has 3 aromatic carbocycles. The van der Waals surface area contributed by atoms with Crippen LogP contribution in [0.1, 0.15) is 0 Å². The molecule has 0 saturated heterocycles. The Labute approximate surface area is 158 Å². The van der Waals surface area contributed by atoms with Crippen LogP contribution in [0.3, 0.4) is 0 Å². The van der Waals surface area contributed by atoms with E-state index in [4.69, 9.17) is 4.74 Å². The molecule has 0 radical (unpaired) electrons. The van der Waals surface area contributed by atoms with Crippen LogP contribution < -0.4 is 9.64 Å². The van der Waals surface area contributed by atoms with Crippen LogP contribution >= 0.6 is 0 Å². The van der Waals surface area contributed by atoms with Crippen molar-refractivity contribution in [1.29, 1.82) is 0 Å². The number of para-hydroxylation sites is 1. The molecule has 1 aliphatic rings. The van der Waals surface area contributed by atoms with Gasteiger partial charge in [-0.25, -0.2) is 4.98 Å². The molecular formula is C24H18N2O. The summed E-state index contributed by atoms with van der Waals surface area (Å²) in [5, 5.41) is 0. The quantitative estimate of drug-likeness (QED) is 0.378. The van der Waals surface area contributed by atoms with Crippen molar-refractivity contribution in [3.63, 3.8) is 0 Å². The Balaban J connectivity index is 1.92. The van der Waals surface area contributed by atoms with E-state index < -0.39 is 0 Å². The van der Waals surface area contributed by atoms with Gasteiger partial charge in [0.05, 0.1) is 18.5 Å². The average Bonchev–Trinajstić information content (AvgIpc) is 2.87. The van der Waals surface area contributed by atoms with Crippen LogP contribution in [0.15, 0.2) is 91.1 Å². The zero-order valence-corrected chi connectivity index (χ0v) is 15.0. The van der Waals surface area contributed by atoms with Crippen molar-refractivity contribution in [1.82, 2.24) is 4.98 Å². The van der Waals surface area contributed by atoms with Gasteiger partial charge < -0.3 is 4.74 Å². The van der Waals surface area contributed by atoms with Crippen LogP contribution in [0.4, 0.5) is 17.2 Å². The second-order valence-corrected chi connectivity index (χ2v) is 6.47. The molecule has 0 saturated carbocycles. The van der Waals surface area contributed by atoms with E-state index in [9.17, 15) is 0 Å². The summed E-state index contributed by atoms with van der Waals surface area (Å²) in [6.07, 6.45) is 1.83. The van der Waals surface area contributed by atoms with Crippen molar-refractivity contribution in [2.24, 2.45) is 0 Å². The fourth-order valence-corrected chi connectivity index (χ4v) is 3.76. The lowest BCUT2D eigenvalue weighted by atomic mass is 9.95. The lowest BCUT2D eigenvalue weighted by Crippen LogP contribution is -2.12. The maximum Gasteiger partial charge on any atom is 0.137 e. The van der Waals surface area contributed by atoms with E-state index in [0.717, 1.165) is 28.5 Å². The normalized spacial score (nSPS) is 11.8. The highest BCUT2D eigenvalue weighted by Gasteiger charge is 2.26. The Kier molecular flexibility index (Phi) is 3.65. The molecule has 0 unspecified atom stereocenters. The largest absolute Gasteiger partial charge is 0.497 e. The minimum atomic E-state index is 0.826. The van der Waals surface area contributed by atoms with E-state index in [1.807, 2.05) is 30.5 Å². The number of benzene rings is 3. The summed E-state index contributed by atoms with van der Waals surface area (Å²) >= 11 is 0. The Hall–Kier alpha value is -3.59. The van der Waals surface area contributed by atoms with Gasteiger partial charge in [-0.05, 0) is 41.5 Å². The molecule has 0 atom stereocenters. The SMILES string of the molecule is COc1ccc2c(c1)N(c1ccccn1)c1ccccc1-c1ccccc1-2. The van der Waals surface area contributed by atoms with Gasteiger partial charge >= 0.3 is 0 Å². The fourth-order valence-electron chi connectivity index (χ4n) is 3.76. The average molecular weight is 350 g/mol. The van der Waals surface area contributed by atoms with Crippen molar-refractivity contribution in [3.05, 3.63) is 91.1 Å². The zero-order valence-electron chi connectivity index (χ0n) is 15.0. The van der Waals surface area contributed by atoms with Crippen molar-refractivity contribution in [3.8, 4) is 28.0 Å². The molecule has 130 valence electrons. The predicted molar refractivity (Wildman–Crippen MR) is 110 cm³/mol. The Bertz CT molecular complexity index is 1120. The zero-order chi connectivity index (χ0) is 18.2. The number of ether oxygens (including phenoxy) is 1. The highest BCUT2D eigenvalue weighted by molar-refractivity contribution is 6.02. The summed E-state index contributed by atoms with van der Waals surface area (Å²) in [6, 6.07) is 29.3. The summed E-state index contributed by atoms with van der Waals surface area (Å²) < 4.78 is 5.53. The number of fused-ring (bicyclic) bond motifs is 5. The van der Waals surface area contributed by atoms with E-state index in [-0.39, 0.29) is 0 Å². The molecule has 0 N–H and O–H groups in total. The number of hydrogen-bond donors (Lipinski definition) is 0. The van der Waals surface area contributed by atoms with Crippen LogP contribution in [0, 0.1) is 0 Å². The number of aromatic nitrogens is 1. The van der Waals surface area contributed by atoms with Gasteiger partial charge in [0.25, 0.3) is 0 Å². The van der Waals surface area contributed by atoms with Gasteiger partial charge in [0.15, 0.2) is 0 Å². The monoisotopic (exact) mass is 350 g/mol. The van der Waals surface area contributed by atoms with Gasteiger partial charge in [-0.2, -0.15) is 0 Å². The van der Waals surface area contributed by atoms with Crippen molar-refractivity contribution >= 4 is 17.2 Å². The Morgan fingerprint density at radius 2 is 1.33 bits per heavy atom. The van der Waals surface area contributed by atoms with Gasteiger partial charge in [0.1, 0.15) is 11.6 Å². The lowest BCUT2D eigenvalue weighted by molar-refractivity contribution is 0.415. The first kappa shape index (κ1) is 15.6. The van der Waals surface area contributed by atoms with E-state index >= 15 is 0 Å². The number of nitrogens with zero attached hydrogens (tertiary/aromatic N) is 2. The third kappa shape index (κ3) is 2.48. The van der Waals surface area contributed by atoms with Crippen molar-refractivity contribution in [2.45, 2.75) is 0 Å². The van der Waals surface area contributed by atoms with E-state index in [2.05, 4.69) is 70.5 Å². The number of anilines is 3. The lowest BCUT2D eigenvalue weighted by Gasteiger charge is -2.26. The summed E-state index contributed by atoms with van der Waals surface area (Å²) in [6.45, 7) is 0. The van der Waals surface area contributed by atoms with Crippen LogP contribution in [-0.2, 0) is 0 Å². The van der Waals surface area contributed by atoms with Gasteiger partial charge in [0.2, 0.25) is 0 Å². The van der Waals surface area contributed by atoms with Gasteiger partial charge in [-0.15, -0.1) is 0 Å². The second kappa shape index (κ2) is 6.29. The van der Waals surface area contributed by atoms with Crippen LogP contribution in [0.25, 0.3) is 22.3 Å². The van der Waals surface area contributed by atoms with E-state index in [1.165, 1.54) is 16.7 Å². The van der Waals surface area contributed by atoms with Crippen LogP contribution in [0.2, 0.25) is 0 Å². The molecule has 2 heterocycles. The summed E-state index contributed by atoms with van der Waals surface area (Å²) in [7, 11) is 1.70. The smallest absolute Gasteiger partial charge is 0.137 e. The second-order valence-electron chi connectivity index (χ2n) is 6.47. The number of rotatable bonds is 2. The molecule has 0 aliphatic carbocycles. The molecule has 27 heavy (non-hydrogen) atoms. The topological polar surface area (TPSA) is 25.4 Å². The van der Waals surface area contributed by atoms with Crippen molar-refractivity contribution < 1.29 is 4.74 Å². The first-order valence-electron chi connectivity index (χ1n) is 8.95. The third-order valence-corrected chi connectivity index (χ3v) is 4.98. The first-order chi connectivity index (χ1) is 13.4.